The van der Waals surface area contributed by atoms with Crippen LogP contribution in [0.15, 0.2) is 85.1 Å². The lowest BCUT2D eigenvalue weighted by atomic mass is 9.94. The number of H-pyrrole nitrogens is 1. The number of para-hydroxylation sites is 1. The molecular formula is C32H36N4O6. The molecule has 3 amide bonds. The van der Waals surface area contributed by atoms with Gasteiger partial charge in [-0.2, -0.15) is 0 Å². The van der Waals surface area contributed by atoms with Crippen molar-refractivity contribution in [2.45, 2.75) is 44.8 Å². The van der Waals surface area contributed by atoms with E-state index in [2.05, 4.69) is 15.8 Å². The van der Waals surface area contributed by atoms with Gasteiger partial charge in [-0.05, 0) is 54.2 Å². The number of aromatic nitrogens is 1. The highest BCUT2D eigenvalue weighted by Crippen LogP contribution is 2.21. The number of fused-ring (bicyclic) bond motifs is 1. The molecule has 0 radical (unpaired) electrons. The number of methoxy groups -OCH3 is 1. The van der Waals surface area contributed by atoms with Crippen LogP contribution in [0, 0.1) is 5.92 Å². The first-order valence-corrected chi connectivity index (χ1v) is 13.8. The van der Waals surface area contributed by atoms with Gasteiger partial charge >= 0.3 is 0 Å². The lowest BCUT2D eigenvalue weighted by Gasteiger charge is -2.22. The molecule has 220 valence electrons. The molecule has 1 heterocycles. The summed E-state index contributed by atoms with van der Waals surface area (Å²) in [6, 6.07) is 23.7. The summed E-state index contributed by atoms with van der Waals surface area (Å²) < 4.78 is 5.20. The second kappa shape index (κ2) is 15.4. The Bertz CT molecular complexity index is 1450. The fourth-order valence-corrected chi connectivity index (χ4v) is 4.80. The fraction of sp³-hybridized carbons (Fsp3) is 0.281. The van der Waals surface area contributed by atoms with Crippen molar-refractivity contribution in [3.05, 3.63) is 102 Å². The van der Waals surface area contributed by atoms with Crippen LogP contribution in [0.3, 0.4) is 0 Å². The summed E-state index contributed by atoms with van der Waals surface area (Å²) in [5, 5.41) is 12.9. The van der Waals surface area contributed by atoms with E-state index in [1.165, 1.54) is 0 Å². The van der Waals surface area contributed by atoms with Crippen molar-refractivity contribution >= 4 is 28.6 Å². The Morgan fingerprint density at radius 1 is 0.905 bits per heavy atom. The Balaban J connectivity index is 1.45. The maximum atomic E-state index is 13.5. The third kappa shape index (κ3) is 8.66. The molecule has 0 unspecified atom stereocenters. The maximum Gasteiger partial charge on any atom is 0.266 e. The zero-order chi connectivity index (χ0) is 29.7. The number of carbonyl (C=O) groups excluding carboxylic acids is 3. The fourth-order valence-electron chi connectivity index (χ4n) is 4.80. The van der Waals surface area contributed by atoms with Crippen molar-refractivity contribution in [2.24, 2.45) is 5.92 Å². The van der Waals surface area contributed by atoms with Crippen LogP contribution in [0.2, 0.25) is 0 Å². The van der Waals surface area contributed by atoms with Crippen molar-refractivity contribution in [3.8, 4) is 5.75 Å². The normalized spacial score (nSPS) is 12.3. The second-order valence-corrected chi connectivity index (χ2v) is 10.0. The molecule has 1 aromatic heterocycles. The average molecular weight is 573 g/mol. The van der Waals surface area contributed by atoms with Gasteiger partial charge in [0.15, 0.2) is 0 Å². The van der Waals surface area contributed by atoms with Crippen molar-refractivity contribution < 1.29 is 29.2 Å². The summed E-state index contributed by atoms with van der Waals surface area (Å²) in [5.74, 6) is -1.67. The molecule has 10 nitrogen and oxygen atoms in total. The minimum Gasteiger partial charge on any atom is -0.497 e. The van der Waals surface area contributed by atoms with Crippen molar-refractivity contribution in [1.29, 1.82) is 0 Å². The largest absolute Gasteiger partial charge is 0.497 e. The van der Waals surface area contributed by atoms with E-state index in [1.807, 2.05) is 85.1 Å². The molecule has 0 bridgehead atoms. The lowest BCUT2D eigenvalue weighted by molar-refractivity contribution is -0.140. The first kappa shape index (κ1) is 30.3. The standard InChI is InChI=1S/C32H36N4O6/c1-41-26-16-14-22(15-17-26)10-7-11-24(19-30(37)35-40)31(38)34-29(18-25-20-33-28-13-6-5-12-27(25)28)32(39)36-42-21-23-8-3-2-4-9-23/h2-6,8-9,12-17,20,24,29,33,40H,7,10-11,18-19,21H2,1H3,(H,34,38)(H,35,37)(H,36,39)/t24-,29+/m0/s1. The topological polar surface area (TPSA) is 142 Å². The molecule has 0 saturated carbocycles. The van der Waals surface area contributed by atoms with E-state index in [-0.39, 0.29) is 19.4 Å². The van der Waals surface area contributed by atoms with Gasteiger partial charge in [-0.1, -0.05) is 60.7 Å². The minimum absolute atomic E-state index is 0.158. The quantitative estimate of drug-likeness (QED) is 0.108. The molecule has 0 aliphatic rings. The Morgan fingerprint density at radius 2 is 1.64 bits per heavy atom. The van der Waals surface area contributed by atoms with Crippen molar-refractivity contribution in [1.82, 2.24) is 21.3 Å². The van der Waals surface area contributed by atoms with Gasteiger partial charge in [0.1, 0.15) is 11.8 Å². The van der Waals surface area contributed by atoms with Crippen LogP contribution in [-0.2, 0) is 38.7 Å². The van der Waals surface area contributed by atoms with Gasteiger partial charge < -0.3 is 15.0 Å². The highest BCUT2D eigenvalue weighted by Gasteiger charge is 2.28. The van der Waals surface area contributed by atoms with E-state index in [0.29, 0.717) is 19.3 Å². The van der Waals surface area contributed by atoms with Crippen LogP contribution in [-0.4, -0.2) is 41.1 Å². The van der Waals surface area contributed by atoms with Crippen LogP contribution >= 0.6 is 0 Å². The SMILES string of the molecule is COc1ccc(CCC[C@@H](CC(=O)NO)C(=O)N[C@H](Cc2c[nH]c3ccccc23)C(=O)NOCc2ccccc2)cc1. The van der Waals surface area contributed by atoms with E-state index in [4.69, 9.17) is 14.8 Å². The van der Waals surface area contributed by atoms with Crippen LogP contribution in [0.1, 0.15) is 36.0 Å². The molecule has 10 heteroatoms. The first-order chi connectivity index (χ1) is 20.5. The molecule has 0 aliphatic heterocycles. The van der Waals surface area contributed by atoms with Crippen LogP contribution < -0.4 is 21.0 Å². The third-order valence-electron chi connectivity index (χ3n) is 7.09. The molecule has 2 atom stereocenters. The number of aromatic amines is 1. The molecule has 0 aliphatic carbocycles. The van der Waals surface area contributed by atoms with Gasteiger partial charge in [0, 0.05) is 35.9 Å². The number of aryl methyl sites for hydroxylation is 1. The lowest BCUT2D eigenvalue weighted by Crippen LogP contribution is -2.50. The van der Waals surface area contributed by atoms with Gasteiger partial charge in [-0.15, -0.1) is 0 Å². The van der Waals surface area contributed by atoms with Crippen LogP contribution in [0.5, 0.6) is 5.75 Å². The summed E-state index contributed by atoms with van der Waals surface area (Å²) in [7, 11) is 1.60. The summed E-state index contributed by atoms with van der Waals surface area (Å²) in [6.07, 6.45) is 3.45. The van der Waals surface area contributed by atoms with Crippen molar-refractivity contribution in [3.63, 3.8) is 0 Å². The molecule has 4 rings (SSSR count). The predicted octanol–water partition coefficient (Wildman–Crippen LogP) is 3.99. The molecule has 0 spiro atoms. The van der Waals surface area contributed by atoms with E-state index in [1.54, 1.807) is 12.6 Å². The number of hydrogen-bond donors (Lipinski definition) is 5. The maximum absolute atomic E-state index is 13.5. The number of hydroxylamine groups is 2. The smallest absolute Gasteiger partial charge is 0.266 e. The molecule has 4 aromatic rings. The molecule has 42 heavy (non-hydrogen) atoms. The second-order valence-electron chi connectivity index (χ2n) is 10.0. The summed E-state index contributed by atoms with van der Waals surface area (Å²) in [6.45, 7) is 0.158. The van der Waals surface area contributed by atoms with Gasteiger partial charge in [0.05, 0.1) is 13.7 Å². The Morgan fingerprint density at radius 3 is 2.38 bits per heavy atom. The first-order valence-electron chi connectivity index (χ1n) is 13.8. The number of nitrogens with one attached hydrogen (secondary N) is 4. The number of hydrogen-bond acceptors (Lipinski definition) is 6. The summed E-state index contributed by atoms with van der Waals surface area (Å²) in [4.78, 5) is 47.5. The van der Waals surface area contributed by atoms with E-state index in [9.17, 15) is 14.4 Å². The summed E-state index contributed by atoms with van der Waals surface area (Å²) in [5.41, 5.74) is 7.78. The number of ether oxygens (including phenoxy) is 1. The molecule has 5 N–H and O–H groups in total. The molecular weight excluding hydrogens is 536 g/mol. The Labute approximate surface area is 244 Å². The van der Waals surface area contributed by atoms with Gasteiger partial charge in [0.2, 0.25) is 11.8 Å². The van der Waals surface area contributed by atoms with Gasteiger partial charge in [-0.25, -0.2) is 11.0 Å². The Kier molecular flexibility index (Phi) is 11.1. The van der Waals surface area contributed by atoms with E-state index < -0.39 is 29.7 Å². The molecule has 3 aromatic carbocycles. The van der Waals surface area contributed by atoms with E-state index >= 15 is 0 Å². The number of carbonyl (C=O) groups is 3. The number of rotatable bonds is 15. The molecule has 0 saturated heterocycles. The van der Waals surface area contributed by atoms with E-state index in [0.717, 1.165) is 33.3 Å². The Hall–Kier alpha value is -4.67. The predicted molar refractivity (Wildman–Crippen MR) is 157 cm³/mol. The minimum atomic E-state index is -0.978. The van der Waals surface area contributed by atoms with Crippen LogP contribution in [0.25, 0.3) is 10.9 Å². The highest BCUT2D eigenvalue weighted by molar-refractivity contribution is 5.91. The van der Waals surface area contributed by atoms with Gasteiger partial charge in [0.25, 0.3) is 5.91 Å². The average Bonchev–Trinajstić information content (AvgIpc) is 3.43. The zero-order valence-electron chi connectivity index (χ0n) is 23.5. The van der Waals surface area contributed by atoms with Gasteiger partial charge in [-0.3, -0.25) is 24.4 Å². The zero-order valence-corrected chi connectivity index (χ0v) is 23.5. The molecule has 0 fully saturated rings. The van der Waals surface area contributed by atoms with Crippen molar-refractivity contribution in [2.75, 3.05) is 7.11 Å². The summed E-state index contributed by atoms with van der Waals surface area (Å²) >= 11 is 0. The number of amides is 3. The highest BCUT2D eigenvalue weighted by atomic mass is 16.6. The monoisotopic (exact) mass is 572 g/mol. The third-order valence-corrected chi connectivity index (χ3v) is 7.09. The number of benzene rings is 3. The van der Waals surface area contributed by atoms with Crippen LogP contribution in [0.4, 0.5) is 0 Å².